The molecule has 0 amide bonds. The van der Waals surface area contributed by atoms with Crippen molar-refractivity contribution >= 4 is 27.4 Å². The van der Waals surface area contributed by atoms with E-state index < -0.39 is 12.4 Å². The predicted octanol–water partition coefficient (Wildman–Crippen LogP) is 3.82. The Kier molecular flexibility index (Phi) is 6.92. The number of Topliss-reactive ketones (excluding diaryl/α,β-unsaturated/α-hetero) is 1. The lowest BCUT2D eigenvalue weighted by Crippen LogP contribution is -2.15. The summed E-state index contributed by atoms with van der Waals surface area (Å²) >= 11 is 3.13. The third-order valence-electron chi connectivity index (χ3n) is 2.81. The number of carbonyl (C=O) groups excluding carboxylic acids is 1. The molecule has 0 saturated carbocycles. The Morgan fingerprint density at radius 1 is 1.50 bits per heavy atom. The lowest BCUT2D eigenvalue weighted by Gasteiger charge is -2.15. The second-order valence-corrected chi connectivity index (χ2v) is 5.88. The fourth-order valence-corrected chi connectivity index (χ4v) is 2.19. The van der Waals surface area contributed by atoms with Gasteiger partial charge in [-0.3, -0.25) is 4.79 Å². The molecule has 1 aromatic rings. The Labute approximate surface area is 147 Å². The van der Waals surface area contributed by atoms with Gasteiger partial charge >= 0.3 is 6.61 Å². The van der Waals surface area contributed by atoms with Crippen LogP contribution in [0.25, 0.3) is 0 Å². The first kappa shape index (κ1) is 19.6. The van der Waals surface area contributed by atoms with E-state index in [9.17, 15) is 13.6 Å². The third kappa shape index (κ3) is 5.35. The maximum atomic E-state index is 12.3. The monoisotopic (exact) mass is 399 g/mol. The number of rotatable bonds is 7. The maximum absolute atomic E-state index is 12.3. The van der Waals surface area contributed by atoms with Gasteiger partial charge in [-0.1, -0.05) is 6.58 Å². The van der Waals surface area contributed by atoms with E-state index in [-0.39, 0.29) is 17.0 Å². The van der Waals surface area contributed by atoms with Crippen LogP contribution in [-0.4, -0.2) is 31.4 Å². The van der Waals surface area contributed by atoms with Gasteiger partial charge in [-0.15, -0.1) is 0 Å². The minimum atomic E-state index is -2.94. The molecule has 0 radical (unpaired) electrons. The molecule has 1 N–H and O–H groups in total. The molecule has 0 aliphatic heterocycles. The summed E-state index contributed by atoms with van der Waals surface area (Å²) < 4.78 is 29.3. The van der Waals surface area contributed by atoms with Gasteiger partial charge in [-0.2, -0.15) is 14.0 Å². The third-order valence-corrected chi connectivity index (χ3v) is 3.43. The number of ether oxygens (including phenoxy) is 1. The summed E-state index contributed by atoms with van der Waals surface area (Å²) in [6, 6.07) is 4.71. The van der Waals surface area contributed by atoms with Crippen LogP contribution in [0.15, 0.2) is 40.7 Å². The van der Waals surface area contributed by atoms with Crippen molar-refractivity contribution in [2.45, 2.75) is 13.5 Å². The highest BCUT2D eigenvalue weighted by atomic mass is 79.9. The number of halogens is 3. The first-order valence-electron chi connectivity index (χ1n) is 6.69. The second kappa shape index (κ2) is 8.45. The Morgan fingerprint density at radius 2 is 2.12 bits per heavy atom. The number of ketones is 1. The van der Waals surface area contributed by atoms with Gasteiger partial charge in [0.25, 0.3) is 0 Å². The first-order chi connectivity index (χ1) is 11.1. The van der Waals surface area contributed by atoms with Crippen LogP contribution in [0.4, 0.5) is 14.5 Å². The van der Waals surface area contributed by atoms with E-state index in [1.807, 2.05) is 6.07 Å². The summed E-state index contributed by atoms with van der Waals surface area (Å²) in [5.74, 6) is -0.579. The number of carbonyl (C=O) groups is 1. The molecule has 8 heteroatoms. The van der Waals surface area contributed by atoms with Crippen LogP contribution in [-0.2, 0) is 4.79 Å². The van der Waals surface area contributed by atoms with E-state index in [0.29, 0.717) is 15.7 Å². The van der Waals surface area contributed by atoms with Gasteiger partial charge in [0, 0.05) is 26.0 Å². The molecular weight excluding hydrogens is 384 g/mol. The molecule has 0 aliphatic carbocycles. The number of nitrogens with one attached hydrogen (secondary N) is 1. The summed E-state index contributed by atoms with van der Waals surface area (Å²) in [5.41, 5.74) is 0.955. The number of nitriles is 1. The minimum absolute atomic E-state index is 0.0119. The van der Waals surface area contributed by atoms with Crippen LogP contribution in [0.2, 0.25) is 0 Å². The standard InChI is InChI=1S/C16H16BrF2N3O2/c1-9-5-14(24-16(18)19)12(17)6-13(9)21-10(2)15(23)11(7-20)8-22(3)4/h5-6,8,16,21H,2H2,1,3-4H3/b11-8+. The van der Waals surface area contributed by atoms with Gasteiger partial charge in [-0.25, -0.2) is 0 Å². The topological polar surface area (TPSA) is 65.4 Å². The Morgan fingerprint density at radius 3 is 2.62 bits per heavy atom. The number of allylic oxidation sites excluding steroid dienone is 1. The normalized spacial score (nSPS) is 11.0. The molecule has 0 saturated heterocycles. The molecule has 24 heavy (non-hydrogen) atoms. The zero-order chi connectivity index (χ0) is 18.4. The van der Waals surface area contributed by atoms with Crippen molar-refractivity contribution in [3.05, 3.63) is 46.2 Å². The first-order valence-corrected chi connectivity index (χ1v) is 7.49. The van der Waals surface area contributed by atoms with Crippen LogP contribution < -0.4 is 10.1 Å². The highest BCUT2D eigenvalue weighted by molar-refractivity contribution is 9.10. The fraction of sp³-hybridized carbons (Fsp3) is 0.250. The number of hydrogen-bond acceptors (Lipinski definition) is 5. The van der Waals surface area contributed by atoms with Crippen molar-refractivity contribution in [2.75, 3.05) is 19.4 Å². The van der Waals surface area contributed by atoms with Crippen molar-refractivity contribution in [3.63, 3.8) is 0 Å². The van der Waals surface area contributed by atoms with Gasteiger partial charge in [-0.05, 0) is 40.5 Å². The number of anilines is 1. The lowest BCUT2D eigenvalue weighted by atomic mass is 10.1. The summed E-state index contributed by atoms with van der Waals surface area (Å²) in [6.45, 7) is 2.35. The maximum Gasteiger partial charge on any atom is 0.387 e. The SMILES string of the molecule is C=C(Nc1cc(Br)c(OC(F)F)cc1C)C(=O)/C(C#N)=C/N(C)C. The molecule has 0 unspecified atom stereocenters. The van der Waals surface area contributed by atoms with Crippen LogP contribution in [0.5, 0.6) is 5.75 Å². The lowest BCUT2D eigenvalue weighted by molar-refractivity contribution is -0.111. The molecule has 1 aromatic carbocycles. The predicted molar refractivity (Wildman–Crippen MR) is 90.7 cm³/mol. The number of aryl methyl sites for hydroxylation is 1. The number of benzene rings is 1. The summed E-state index contributed by atoms with van der Waals surface area (Å²) in [4.78, 5) is 13.8. The van der Waals surface area contributed by atoms with Crippen molar-refractivity contribution in [1.29, 1.82) is 5.26 Å². The molecule has 1 rings (SSSR count). The summed E-state index contributed by atoms with van der Waals surface area (Å²) in [7, 11) is 3.37. The second-order valence-electron chi connectivity index (χ2n) is 5.03. The smallest absolute Gasteiger partial charge is 0.387 e. The van der Waals surface area contributed by atoms with E-state index in [2.05, 4.69) is 32.6 Å². The van der Waals surface area contributed by atoms with Crippen LogP contribution in [0, 0.1) is 18.3 Å². The molecule has 0 aromatic heterocycles. The van der Waals surface area contributed by atoms with E-state index in [1.165, 1.54) is 18.3 Å². The average Bonchev–Trinajstić information content (AvgIpc) is 2.48. The van der Waals surface area contributed by atoms with Gasteiger partial charge < -0.3 is 15.0 Å². The van der Waals surface area contributed by atoms with Crippen LogP contribution in [0.3, 0.4) is 0 Å². The van der Waals surface area contributed by atoms with Crippen molar-refractivity contribution in [2.24, 2.45) is 0 Å². The highest BCUT2D eigenvalue weighted by Gasteiger charge is 2.16. The zero-order valence-corrected chi connectivity index (χ0v) is 14.9. The fourth-order valence-electron chi connectivity index (χ4n) is 1.75. The molecule has 0 fully saturated rings. The van der Waals surface area contributed by atoms with Gasteiger partial charge in [0.15, 0.2) is 0 Å². The van der Waals surface area contributed by atoms with Gasteiger partial charge in [0.2, 0.25) is 5.78 Å². The number of hydrogen-bond donors (Lipinski definition) is 1. The van der Waals surface area contributed by atoms with Crippen molar-refractivity contribution in [1.82, 2.24) is 4.90 Å². The average molecular weight is 400 g/mol. The molecule has 0 aliphatic rings. The van der Waals surface area contributed by atoms with Crippen LogP contribution >= 0.6 is 15.9 Å². The number of nitrogens with zero attached hydrogens (tertiary/aromatic N) is 2. The van der Waals surface area contributed by atoms with Crippen molar-refractivity contribution < 1.29 is 18.3 Å². The zero-order valence-electron chi connectivity index (χ0n) is 13.4. The van der Waals surface area contributed by atoms with Crippen LogP contribution in [0.1, 0.15) is 5.56 Å². The molecule has 5 nitrogen and oxygen atoms in total. The molecule has 0 bridgehead atoms. The van der Waals surface area contributed by atoms with E-state index >= 15 is 0 Å². The minimum Gasteiger partial charge on any atom is -0.434 e. The molecule has 0 heterocycles. The Hall–Kier alpha value is -2.40. The Bertz CT molecular complexity index is 725. The van der Waals surface area contributed by atoms with Gasteiger partial charge in [0.05, 0.1) is 10.2 Å². The van der Waals surface area contributed by atoms with E-state index in [1.54, 1.807) is 25.9 Å². The highest BCUT2D eigenvalue weighted by Crippen LogP contribution is 2.32. The molecular formula is C16H16BrF2N3O2. The Balaban J connectivity index is 3.01. The summed E-state index contributed by atoms with van der Waals surface area (Å²) in [6.07, 6.45) is 1.39. The largest absolute Gasteiger partial charge is 0.434 e. The molecule has 0 spiro atoms. The number of alkyl halides is 2. The summed E-state index contributed by atoms with van der Waals surface area (Å²) in [5, 5.41) is 11.8. The van der Waals surface area contributed by atoms with Crippen molar-refractivity contribution in [3.8, 4) is 11.8 Å². The van der Waals surface area contributed by atoms with E-state index in [0.717, 1.165) is 0 Å². The molecule has 0 atom stereocenters. The van der Waals surface area contributed by atoms with E-state index in [4.69, 9.17) is 5.26 Å². The van der Waals surface area contributed by atoms with Gasteiger partial charge in [0.1, 0.15) is 17.4 Å². The molecule has 128 valence electrons. The quantitative estimate of drug-likeness (QED) is 0.557.